The zero-order valence-corrected chi connectivity index (χ0v) is 20.2. The minimum absolute atomic E-state index is 0.0220. The molecule has 4 saturated carbocycles. The zero-order valence-electron chi connectivity index (χ0n) is 20.2. The van der Waals surface area contributed by atoms with Crippen molar-refractivity contribution < 1.29 is 5.11 Å². The lowest BCUT2D eigenvalue weighted by Crippen LogP contribution is -2.54. The summed E-state index contributed by atoms with van der Waals surface area (Å²) >= 11 is 0. The Morgan fingerprint density at radius 2 is 1.81 bits per heavy atom. The second kappa shape index (κ2) is 8.47. The molecule has 0 saturated heterocycles. The van der Waals surface area contributed by atoms with Crippen molar-refractivity contribution in [2.75, 3.05) is 0 Å². The molecule has 31 heavy (non-hydrogen) atoms. The monoisotopic (exact) mass is 423 g/mol. The molecule has 8 unspecified atom stereocenters. The van der Waals surface area contributed by atoms with Crippen molar-refractivity contribution in [3.05, 3.63) is 30.1 Å². The SMILES string of the molecule is C[C@H](CCCc1ccccn1)C1CCC2C3CCC4CC(O)CCC4(C)C3CCC21C. The van der Waals surface area contributed by atoms with E-state index in [0.29, 0.717) is 10.8 Å². The highest BCUT2D eigenvalue weighted by molar-refractivity contribution is 5.10. The summed E-state index contributed by atoms with van der Waals surface area (Å²) in [5.74, 6) is 5.38. The van der Waals surface area contributed by atoms with E-state index in [1.807, 2.05) is 12.3 Å². The van der Waals surface area contributed by atoms with Crippen molar-refractivity contribution in [3.8, 4) is 0 Å². The normalized spacial score (nSPS) is 45.4. The largest absolute Gasteiger partial charge is 0.393 e. The average Bonchev–Trinajstić information content (AvgIpc) is 3.12. The third kappa shape index (κ3) is 3.79. The smallest absolute Gasteiger partial charge is 0.0543 e. The van der Waals surface area contributed by atoms with Gasteiger partial charge in [-0.25, -0.2) is 0 Å². The maximum atomic E-state index is 10.3. The van der Waals surface area contributed by atoms with Crippen LogP contribution in [0.5, 0.6) is 0 Å². The standard InChI is InChI=1S/C29H45NO/c1-20(7-6-9-22-8-4-5-18-30-22)25-12-13-26-24-11-10-21-19-23(31)14-16-28(21,2)27(24)15-17-29(25,26)3/h4-5,8,18,20-21,23-27,31H,6-7,9-17,19H2,1-3H3/t20-,21?,23?,24?,25?,26?,27?,28?,29?/m1/s1. The number of aliphatic hydroxyl groups is 1. The summed E-state index contributed by atoms with van der Waals surface area (Å²) in [4.78, 5) is 4.53. The van der Waals surface area contributed by atoms with Gasteiger partial charge in [-0.2, -0.15) is 0 Å². The molecule has 9 atom stereocenters. The molecule has 1 heterocycles. The van der Waals surface area contributed by atoms with E-state index in [9.17, 15) is 5.11 Å². The molecule has 2 nitrogen and oxygen atoms in total. The van der Waals surface area contributed by atoms with Crippen LogP contribution in [-0.2, 0) is 6.42 Å². The Hall–Kier alpha value is -0.890. The second-order valence-corrected chi connectivity index (χ2v) is 12.5. The Balaban J connectivity index is 1.24. The van der Waals surface area contributed by atoms with Gasteiger partial charge < -0.3 is 5.11 Å². The van der Waals surface area contributed by atoms with Crippen molar-refractivity contribution in [1.29, 1.82) is 0 Å². The third-order valence-electron chi connectivity index (χ3n) is 11.2. The number of aryl methyl sites for hydroxylation is 1. The highest BCUT2D eigenvalue weighted by atomic mass is 16.3. The van der Waals surface area contributed by atoms with E-state index >= 15 is 0 Å². The third-order valence-corrected chi connectivity index (χ3v) is 11.2. The van der Waals surface area contributed by atoms with Crippen LogP contribution in [0.4, 0.5) is 0 Å². The van der Waals surface area contributed by atoms with Gasteiger partial charge in [0.15, 0.2) is 0 Å². The lowest BCUT2D eigenvalue weighted by atomic mass is 9.44. The minimum Gasteiger partial charge on any atom is -0.393 e. The first-order chi connectivity index (χ1) is 14.9. The Labute approximate surface area is 190 Å². The molecule has 0 aliphatic heterocycles. The summed E-state index contributed by atoms with van der Waals surface area (Å²) in [6.45, 7) is 7.87. The van der Waals surface area contributed by atoms with Crippen molar-refractivity contribution in [1.82, 2.24) is 4.98 Å². The summed E-state index contributed by atoms with van der Waals surface area (Å²) in [6.07, 6.45) is 17.8. The van der Waals surface area contributed by atoms with Crippen molar-refractivity contribution in [3.63, 3.8) is 0 Å². The van der Waals surface area contributed by atoms with Crippen LogP contribution >= 0.6 is 0 Å². The summed E-state index contributed by atoms with van der Waals surface area (Å²) < 4.78 is 0. The molecule has 4 aliphatic rings. The van der Waals surface area contributed by atoms with Crippen molar-refractivity contribution in [2.24, 2.45) is 46.3 Å². The predicted molar refractivity (Wildman–Crippen MR) is 128 cm³/mol. The predicted octanol–water partition coefficient (Wildman–Crippen LogP) is 7.06. The molecule has 0 bridgehead atoms. The van der Waals surface area contributed by atoms with Crippen LogP contribution < -0.4 is 0 Å². The molecular weight excluding hydrogens is 378 g/mol. The van der Waals surface area contributed by atoms with Crippen LogP contribution in [0, 0.1) is 46.3 Å². The number of aromatic nitrogens is 1. The van der Waals surface area contributed by atoms with Gasteiger partial charge in [0.25, 0.3) is 0 Å². The van der Waals surface area contributed by atoms with E-state index in [1.54, 1.807) is 0 Å². The molecule has 0 radical (unpaired) electrons. The molecule has 172 valence electrons. The Morgan fingerprint density at radius 1 is 1.00 bits per heavy atom. The molecule has 4 fully saturated rings. The molecule has 0 amide bonds. The fourth-order valence-electron chi connectivity index (χ4n) is 9.56. The number of rotatable bonds is 5. The van der Waals surface area contributed by atoms with Crippen molar-refractivity contribution >= 4 is 0 Å². The highest BCUT2D eigenvalue weighted by Gasteiger charge is 2.60. The first kappa shape index (κ1) is 21.9. The Bertz CT molecular complexity index is 748. The topological polar surface area (TPSA) is 33.1 Å². The number of hydrogen-bond acceptors (Lipinski definition) is 2. The number of fused-ring (bicyclic) bond motifs is 5. The number of hydrogen-bond donors (Lipinski definition) is 1. The molecule has 0 aromatic carbocycles. The van der Waals surface area contributed by atoms with Gasteiger partial charge in [0.2, 0.25) is 0 Å². The zero-order chi connectivity index (χ0) is 21.6. The molecule has 1 aromatic rings. The summed E-state index contributed by atoms with van der Waals surface area (Å²) in [5.41, 5.74) is 2.34. The van der Waals surface area contributed by atoms with Crippen LogP contribution in [0.3, 0.4) is 0 Å². The molecule has 5 rings (SSSR count). The van der Waals surface area contributed by atoms with E-state index < -0.39 is 0 Å². The molecular formula is C29H45NO. The van der Waals surface area contributed by atoms with Crippen LogP contribution in [0.25, 0.3) is 0 Å². The lowest BCUT2D eigenvalue weighted by molar-refractivity contribution is -0.129. The summed E-state index contributed by atoms with van der Waals surface area (Å²) in [5, 5.41) is 10.3. The number of pyridine rings is 1. The summed E-state index contributed by atoms with van der Waals surface area (Å²) in [7, 11) is 0. The van der Waals surface area contributed by atoms with Crippen LogP contribution in [0.15, 0.2) is 24.4 Å². The van der Waals surface area contributed by atoms with Gasteiger partial charge in [-0.15, -0.1) is 0 Å². The van der Waals surface area contributed by atoms with Crippen LogP contribution in [-0.4, -0.2) is 16.2 Å². The van der Waals surface area contributed by atoms with Gasteiger partial charge in [-0.05, 0) is 129 Å². The van der Waals surface area contributed by atoms with E-state index in [-0.39, 0.29) is 6.10 Å². The van der Waals surface area contributed by atoms with Gasteiger partial charge in [0, 0.05) is 11.9 Å². The van der Waals surface area contributed by atoms with Crippen LogP contribution in [0.2, 0.25) is 0 Å². The number of aliphatic hydroxyl groups excluding tert-OH is 1. The highest BCUT2D eigenvalue weighted by Crippen LogP contribution is 2.68. The van der Waals surface area contributed by atoms with E-state index in [2.05, 4.69) is 37.9 Å². The average molecular weight is 424 g/mol. The first-order valence-corrected chi connectivity index (χ1v) is 13.5. The minimum atomic E-state index is -0.0220. The molecule has 4 aliphatic carbocycles. The van der Waals surface area contributed by atoms with Crippen LogP contribution in [0.1, 0.15) is 97.1 Å². The molecule has 1 N–H and O–H groups in total. The van der Waals surface area contributed by atoms with Crippen molar-refractivity contribution in [2.45, 2.75) is 104 Å². The Morgan fingerprint density at radius 3 is 2.61 bits per heavy atom. The Kier molecular flexibility index (Phi) is 5.99. The quantitative estimate of drug-likeness (QED) is 0.550. The van der Waals surface area contributed by atoms with Gasteiger partial charge >= 0.3 is 0 Å². The maximum absolute atomic E-state index is 10.3. The maximum Gasteiger partial charge on any atom is 0.0543 e. The molecule has 0 spiro atoms. The molecule has 2 heteroatoms. The van der Waals surface area contributed by atoms with E-state index in [4.69, 9.17) is 0 Å². The number of nitrogens with zero attached hydrogens (tertiary/aromatic N) is 1. The van der Waals surface area contributed by atoms with Gasteiger partial charge in [-0.1, -0.05) is 33.3 Å². The molecule has 1 aromatic heterocycles. The fraction of sp³-hybridized carbons (Fsp3) is 0.828. The van der Waals surface area contributed by atoms with Gasteiger partial charge in [0.1, 0.15) is 0 Å². The van der Waals surface area contributed by atoms with Gasteiger partial charge in [0.05, 0.1) is 6.10 Å². The van der Waals surface area contributed by atoms with E-state index in [0.717, 1.165) is 54.8 Å². The first-order valence-electron chi connectivity index (χ1n) is 13.5. The van der Waals surface area contributed by atoms with Gasteiger partial charge in [-0.3, -0.25) is 4.98 Å². The summed E-state index contributed by atoms with van der Waals surface area (Å²) in [6, 6.07) is 6.32. The second-order valence-electron chi connectivity index (χ2n) is 12.5. The lowest BCUT2D eigenvalue weighted by Gasteiger charge is -2.61. The fourth-order valence-corrected chi connectivity index (χ4v) is 9.56. The van der Waals surface area contributed by atoms with E-state index in [1.165, 1.54) is 63.5 Å².